The van der Waals surface area contributed by atoms with Gasteiger partial charge in [0, 0.05) is 7.11 Å². The minimum atomic E-state index is -0.873. The van der Waals surface area contributed by atoms with E-state index in [4.69, 9.17) is 4.74 Å². The lowest BCUT2D eigenvalue weighted by Crippen LogP contribution is -2.46. The number of rotatable bonds is 4. The van der Waals surface area contributed by atoms with E-state index in [2.05, 4.69) is 0 Å². The Bertz CT molecular complexity index is 300. The molecule has 0 radical (unpaired) electrons. The molecule has 0 saturated carbocycles. The average Bonchev–Trinajstić information content (AvgIpc) is 2.38. The van der Waals surface area contributed by atoms with Crippen molar-refractivity contribution in [1.29, 1.82) is 0 Å². The summed E-state index contributed by atoms with van der Waals surface area (Å²) in [5, 5.41) is 1.95. The maximum absolute atomic E-state index is 11.4. The summed E-state index contributed by atoms with van der Waals surface area (Å²) < 4.78 is 4.92. The van der Waals surface area contributed by atoms with Crippen molar-refractivity contribution < 1.29 is 19.1 Å². The number of carbonyl (C=O) groups excluding carboxylic acids is 3. The molecule has 1 N–H and O–H groups in total. The Hall–Kier alpha value is -1.43. The van der Waals surface area contributed by atoms with E-state index in [-0.39, 0.29) is 12.5 Å². The van der Waals surface area contributed by atoms with Gasteiger partial charge in [0.15, 0.2) is 0 Å². The molecule has 1 aliphatic rings. The number of urea groups is 1. The highest BCUT2D eigenvalue weighted by Gasteiger charge is 2.42. The summed E-state index contributed by atoms with van der Waals surface area (Å²) in [7, 11) is 1.48. The fourth-order valence-electron chi connectivity index (χ4n) is 1.45. The van der Waals surface area contributed by atoms with Gasteiger partial charge < -0.3 is 4.74 Å². The monoisotopic (exact) mass is 214 g/mol. The van der Waals surface area contributed by atoms with Crippen LogP contribution in [0.5, 0.6) is 0 Å². The number of ether oxygens (including phenoxy) is 1. The Labute approximate surface area is 87.6 Å². The standard InChI is InChI=1S/C9H14N2O4/c1-5(2)6(4-15-3)11-8(13)7(12)10-9(11)14/h5-6H,4H2,1-3H3,(H,10,12,14). The van der Waals surface area contributed by atoms with Crippen LogP contribution in [0, 0.1) is 5.92 Å². The number of carbonyl (C=O) groups is 3. The van der Waals surface area contributed by atoms with E-state index in [0.29, 0.717) is 0 Å². The summed E-state index contributed by atoms with van der Waals surface area (Å²) in [6, 6.07) is -1.07. The summed E-state index contributed by atoms with van der Waals surface area (Å²) in [4.78, 5) is 34.6. The molecule has 1 heterocycles. The van der Waals surface area contributed by atoms with Crippen LogP contribution in [0.3, 0.4) is 0 Å². The SMILES string of the molecule is COCC(C(C)C)N1C(=O)NC(=O)C1=O. The van der Waals surface area contributed by atoms with Crippen molar-refractivity contribution in [3.8, 4) is 0 Å². The predicted octanol–water partition coefficient (Wildman–Crippen LogP) is -0.264. The zero-order valence-electron chi connectivity index (χ0n) is 8.94. The first-order chi connectivity index (χ1) is 6.99. The van der Waals surface area contributed by atoms with Crippen LogP contribution in [0.1, 0.15) is 13.8 Å². The van der Waals surface area contributed by atoms with E-state index in [1.807, 2.05) is 19.2 Å². The van der Waals surface area contributed by atoms with E-state index in [1.54, 1.807) is 0 Å². The quantitative estimate of drug-likeness (QED) is 0.516. The molecule has 1 aliphatic heterocycles. The molecule has 0 spiro atoms. The fourth-order valence-corrected chi connectivity index (χ4v) is 1.45. The molecule has 0 aromatic carbocycles. The number of methoxy groups -OCH3 is 1. The lowest BCUT2D eigenvalue weighted by Gasteiger charge is -2.26. The molecule has 0 aromatic heterocycles. The minimum absolute atomic E-state index is 0.0329. The molecule has 1 rings (SSSR count). The minimum Gasteiger partial charge on any atom is -0.383 e. The molecule has 1 fully saturated rings. The number of nitrogens with zero attached hydrogens (tertiary/aromatic N) is 1. The second-order valence-electron chi connectivity index (χ2n) is 3.70. The van der Waals surface area contributed by atoms with Gasteiger partial charge in [-0.2, -0.15) is 0 Å². The third-order valence-corrected chi connectivity index (χ3v) is 2.29. The van der Waals surface area contributed by atoms with Crippen molar-refractivity contribution in [3.05, 3.63) is 0 Å². The Morgan fingerprint density at radius 1 is 1.33 bits per heavy atom. The number of nitrogens with one attached hydrogen (secondary N) is 1. The lowest BCUT2D eigenvalue weighted by atomic mass is 10.0. The number of hydrogen-bond donors (Lipinski definition) is 1. The van der Waals surface area contributed by atoms with Crippen LogP contribution in [0.25, 0.3) is 0 Å². The van der Waals surface area contributed by atoms with Crippen molar-refractivity contribution >= 4 is 17.8 Å². The van der Waals surface area contributed by atoms with Gasteiger partial charge >= 0.3 is 17.8 Å². The maximum atomic E-state index is 11.4. The van der Waals surface area contributed by atoms with E-state index in [9.17, 15) is 14.4 Å². The van der Waals surface area contributed by atoms with Gasteiger partial charge in [-0.3, -0.25) is 14.9 Å². The molecule has 0 bridgehead atoms. The summed E-state index contributed by atoms with van der Waals surface area (Å²) in [5.41, 5.74) is 0. The van der Waals surface area contributed by atoms with Crippen LogP contribution in [0.15, 0.2) is 0 Å². The molecule has 0 aliphatic carbocycles. The highest BCUT2D eigenvalue weighted by atomic mass is 16.5. The zero-order valence-corrected chi connectivity index (χ0v) is 8.94. The average molecular weight is 214 g/mol. The van der Waals surface area contributed by atoms with Crippen LogP contribution in [0.4, 0.5) is 4.79 Å². The van der Waals surface area contributed by atoms with Crippen molar-refractivity contribution in [2.24, 2.45) is 5.92 Å². The van der Waals surface area contributed by atoms with Crippen LogP contribution >= 0.6 is 0 Å². The number of amides is 4. The molecule has 6 nitrogen and oxygen atoms in total. The number of hydrogen-bond acceptors (Lipinski definition) is 4. The topological polar surface area (TPSA) is 75.7 Å². The third kappa shape index (κ3) is 2.15. The van der Waals surface area contributed by atoms with Crippen LogP contribution in [0.2, 0.25) is 0 Å². The van der Waals surface area contributed by atoms with Gasteiger partial charge in [-0.1, -0.05) is 13.8 Å². The van der Waals surface area contributed by atoms with Crippen molar-refractivity contribution in [3.63, 3.8) is 0 Å². The molecule has 84 valence electrons. The first kappa shape index (κ1) is 11.6. The van der Waals surface area contributed by atoms with E-state index >= 15 is 0 Å². The normalized spacial score (nSPS) is 18.7. The summed E-state index contributed by atoms with van der Waals surface area (Å²) >= 11 is 0. The van der Waals surface area contributed by atoms with Gasteiger partial charge in [0.2, 0.25) is 0 Å². The Balaban J connectivity index is 2.88. The molecule has 15 heavy (non-hydrogen) atoms. The largest absolute Gasteiger partial charge is 0.383 e. The summed E-state index contributed by atoms with van der Waals surface area (Å²) in [6.45, 7) is 3.93. The molecule has 1 atom stereocenters. The van der Waals surface area contributed by atoms with Gasteiger partial charge in [-0.25, -0.2) is 9.69 Å². The van der Waals surface area contributed by atoms with E-state index < -0.39 is 23.9 Å². The highest BCUT2D eigenvalue weighted by molar-refractivity contribution is 6.44. The number of imide groups is 2. The van der Waals surface area contributed by atoms with Crippen molar-refractivity contribution in [2.75, 3.05) is 13.7 Å². The van der Waals surface area contributed by atoms with Gasteiger partial charge in [-0.15, -0.1) is 0 Å². The Kier molecular flexibility index (Phi) is 3.41. The molecule has 1 saturated heterocycles. The highest BCUT2D eigenvalue weighted by Crippen LogP contribution is 2.15. The third-order valence-electron chi connectivity index (χ3n) is 2.29. The molecule has 6 heteroatoms. The van der Waals surface area contributed by atoms with Crippen LogP contribution in [-0.2, 0) is 14.3 Å². The predicted molar refractivity (Wildman–Crippen MR) is 50.9 cm³/mol. The van der Waals surface area contributed by atoms with Gasteiger partial charge in [0.1, 0.15) is 0 Å². The fraction of sp³-hybridized carbons (Fsp3) is 0.667. The van der Waals surface area contributed by atoms with Gasteiger partial charge in [-0.05, 0) is 5.92 Å². The van der Waals surface area contributed by atoms with Crippen LogP contribution < -0.4 is 5.32 Å². The molecule has 0 aromatic rings. The molecular formula is C9H14N2O4. The Morgan fingerprint density at radius 2 is 1.93 bits per heavy atom. The summed E-state index contributed by atoms with van der Waals surface area (Å²) in [6.07, 6.45) is 0. The second kappa shape index (κ2) is 4.39. The zero-order chi connectivity index (χ0) is 11.6. The van der Waals surface area contributed by atoms with E-state index in [0.717, 1.165) is 4.90 Å². The Morgan fingerprint density at radius 3 is 2.27 bits per heavy atom. The van der Waals surface area contributed by atoms with Gasteiger partial charge in [0.05, 0.1) is 12.6 Å². The first-order valence-corrected chi connectivity index (χ1v) is 4.66. The first-order valence-electron chi connectivity index (χ1n) is 4.66. The molecular weight excluding hydrogens is 200 g/mol. The van der Waals surface area contributed by atoms with Crippen molar-refractivity contribution in [1.82, 2.24) is 10.2 Å². The van der Waals surface area contributed by atoms with E-state index in [1.165, 1.54) is 7.11 Å². The smallest absolute Gasteiger partial charge is 0.331 e. The maximum Gasteiger partial charge on any atom is 0.331 e. The lowest BCUT2D eigenvalue weighted by molar-refractivity contribution is -0.142. The van der Waals surface area contributed by atoms with Gasteiger partial charge in [0.25, 0.3) is 0 Å². The molecule has 1 unspecified atom stereocenters. The molecule has 4 amide bonds. The van der Waals surface area contributed by atoms with Crippen molar-refractivity contribution in [2.45, 2.75) is 19.9 Å². The summed E-state index contributed by atoms with van der Waals surface area (Å²) in [5.74, 6) is -1.65. The van der Waals surface area contributed by atoms with Crippen LogP contribution in [-0.4, -0.2) is 42.5 Å². The second-order valence-corrected chi connectivity index (χ2v) is 3.70.